The van der Waals surface area contributed by atoms with Crippen LogP contribution >= 0.6 is 0 Å². The number of benzene rings is 1. The standard InChI is InChI=1S/C12H13NO2/c1-8-7-11(15-3)12-9(13-8)5-4-6-10(12)14-2/h4-7H,1-3H3. The van der Waals surface area contributed by atoms with Crippen molar-refractivity contribution in [2.45, 2.75) is 6.92 Å². The molecule has 0 unspecified atom stereocenters. The van der Waals surface area contributed by atoms with E-state index in [1.807, 2.05) is 31.2 Å². The summed E-state index contributed by atoms with van der Waals surface area (Å²) in [6.45, 7) is 1.95. The third kappa shape index (κ3) is 1.61. The number of nitrogens with zero attached hydrogens (tertiary/aromatic N) is 1. The lowest BCUT2D eigenvalue weighted by Gasteiger charge is -2.09. The van der Waals surface area contributed by atoms with E-state index in [9.17, 15) is 0 Å². The van der Waals surface area contributed by atoms with E-state index in [4.69, 9.17) is 9.47 Å². The van der Waals surface area contributed by atoms with E-state index in [2.05, 4.69) is 4.98 Å². The van der Waals surface area contributed by atoms with Gasteiger partial charge in [-0.2, -0.15) is 0 Å². The van der Waals surface area contributed by atoms with Gasteiger partial charge in [-0.25, -0.2) is 0 Å². The van der Waals surface area contributed by atoms with Gasteiger partial charge in [-0.15, -0.1) is 0 Å². The predicted molar refractivity (Wildman–Crippen MR) is 59.6 cm³/mol. The summed E-state index contributed by atoms with van der Waals surface area (Å²) in [6, 6.07) is 7.69. The second-order valence-corrected chi connectivity index (χ2v) is 3.32. The highest BCUT2D eigenvalue weighted by Crippen LogP contribution is 2.33. The highest BCUT2D eigenvalue weighted by atomic mass is 16.5. The topological polar surface area (TPSA) is 31.4 Å². The van der Waals surface area contributed by atoms with Crippen molar-refractivity contribution < 1.29 is 9.47 Å². The molecular formula is C12H13NO2. The van der Waals surface area contributed by atoms with E-state index in [0.717, 1.165) is 28.1 Å². The van der Waals surface area contributed by atoms with Crippen LogP contribution in [0.15, 0.2) is 24.3 Å². The molecule has 3 heteroatoms. The molecule has 2 rings (SSSR count). The lowest BCUT2D eigenvalue weighted by Crippen LogP contribution is -1.93. The van der Waals surface area contributed by atoms with Gasteiger partial charge in [0.15, 0.2) is 0 Å². The highest BCUT2D eigenvalue weighted by Gasteiger charge is 2.08. The fourth-order valence-electron chi connectivity index (χ4n) is 1.68. The monoisotopic (exact) mass is 203 g/mol. The van der Waals surface area contributed by atoms with Crippen LogP contribution in [0.2, 0.25) is 0 Å². The van der Waals surface area contributed by atoms with E-state index in [1.165, 1.54) is 0 Å². The van der Waals surface area contributed by atoms with Crippen LogP contribution in [-0.4, -0.2) is 19.2 Å². The zero-order valence-corrected chi connectivity index (χ0v) is 9.07. The summed E-state index contributed by atoms with van der Waals surface area (Å²) in [4.78, 5) is 4.43. The molecule has 78 valence electrons. The third-order valence-electron chi connectivity index (χ3n) is 2.33. The molecule has 0 atom stereocenters. The Kier molecular flexibility index (Phi) is 2.46. The van der Waals surface area contributed by atoms with E-state index in [1.54, 1.807) is 14.2 Å². The molecule has 2 aromatic rings. The van der Waals surface area contributed by atoms with Gasteiger partial charge in [0.1, 0.15) is 11.5 Å². The summed E-state index contributed by atoms with van der Waals surface area (Å²) in [5, 5.41) is 0.924. The fourth-order valence-corrected chi connectivity index (χ4v) is 1.68. The third-order valence-corrected chi connectivity index (χ3v) is 2.33. The number of hydrogen-bond donors (Lipinski definition) is 0. The Labute approximate surface area is 88.7 Å². The van der Waals surface area contributed by atoms with Gasteiger partial charge in [0.25, 0.3) is 0 Å². The number of hydrogen-bond acceptors (Lipinski definition) is 3. The molecule has 0 fully saturated rings. The van der Waals surface area contributed by atoms with Crippen molar-refractivity contribution in [1.29, 1.82) is 0 Å². The van der Waals surface area contributed by atoms with Gasteiger partial charge in [-0.3, -0.25) is 4.98 Å². The summed E-state index contributed by atoms with van der Waals surface area (Å²) in [5.74, 6) is 1.59. The highest BCUT2D eigenvalue weighted by molar-refractivity contribution is 5.91. The molecule has 0 aliphatic rings. The van der Waals surface area contributed by atoms with Crippen molar-refractivity contribution in [3.05, 3.63) is 30.0 Å². The molecule has 0 radical (unpaired) electrons. The second-order valence-electron chi connectivity index (χ2n) is 3.32. The number of methoxy groups -OCH3 is 2. The van der Waals surface area contributed by atoms with Crippen molar-refractivity contribution in [2.24, 2.45) is 0 Å². The van der Waals surface area contributed by atoms with Crippen molar-refractivity contribution in [1.82, 2.24) is 4.98 Å². The van der Waals surface area contributed by atoms with Gasteiger partial charge in [0.2, 0.25) is 0 Å². The first-order valence-corrected chi connectivity index (χ1v) is 4.74. The number of pyridine rings is 1. The molecule has 15 heavy (non-hydrogen) atoms. The van der Waals surface area contributed by atoms with E-state index in [0.29, 0.717) is 0 Å². The van der Waals surface area contributed by atoms with Gasteiger partial charge in [-0.05, 0) is 19.1 Å². The molecule has 0 aliphatic heterocycles. The van der Waals surface area contributed by atoms with E-state index in [-0.39, 0.29) is 0 Å². The van der Waals surface area contributed by atoms with Crippen LogP contribution in [0.3, 0.4) is 0 Å². The first kappa shape index (κ1) is 9.77. The van der Waals surface area contributed by atoms with Crippen molar-refractivity contribution >= 4 is 10.9 Å². The molecule has 0 saturated heterocycles. The molecule has 3 nitrogen and oxygen atoms in total. The molecule has 0 N–H and O–H groups in total. The van der Waals surface area contributed by atoms with Crippen LogP contribution in [0.4, 0.5) is 0 Å². The van der Waals surface area contributed by atoms with Crippen LogP contribution in [0, 0.1) is 6.92 Å². The Morgan fingerprint density at radius 3 is 2.47 bits per heavy atom. The molecule has 0 aliphatic carbocycles. The van der Waals surface area contributed by atoms with Crippen LogP contribution in [0.25, 0.3) is 10.9 Å². The quantitative estimate of drug-likeness (QED) is 0.751. The Morgan fingerprint density at radius 1 is 1.07 bits per heavy atom. The minimum atomic E-state index is 0.789. The Morgan fingerprint density at radius 2 is 1.80 bits per heavy atom. The molecule has 1 heterocycles. The second kappa shape index (κ2) is 3.77. The molecule has 0 spiro atoms. The van der Waals surface area contributed by atoms with Crippen LogP contribution < -0.4 is 9.47 Å². The molecule has 1 aromatic carbocycles. The van der Waals surface area contributed by atoms with E-state index >= 15 is 0 Å². The molecule has 0 saturated carbocycles. The number of aryl methyl sites for hydroxylation is 1. The molecule has 0 bridgehead atoms. The van der Waals surface area contributed by atoms with Crippen LogP contribution in [0.1, 0.15) is 5.69 Å². The smallest absolute Gasteiger partial charge is 0.133 e. The lowest BCUT2D eigenvalue weighted by atomic mass is 10.1. The van der Waals surface area contributed by atoms with Crippen LogP contribution in [0.5, 0.6) is 11.5 Å². The van der Waals surface area contributed by atoms with Gasteiger partial charge < -0.3 is 9.47 Å². The number of rotatable bonds is 2. The number of fused-ring (bicyclic) bond motifs is 1. The van der Waals surface area contributed by atoms with E-state index < -0.39 is 0 Å². The van der Waals surface area contributed by atoms with Crippen LogP contribution in [-0.2, 0) is 0 Å². The predicted octanol–water partition coefficient (Wildman–Crippen LogP) is 2.56. The minimum absolute atomic E-state index is 0.789. The Balaban J connectivity index is 2.84. The van der Waals surface area contributed by atoms with Gasteiger partial charge in [0, 0.05) is 11.8 Å². The summed E-state index contributed by atoms with van der Waals surface area (Å²) < 4.78 is 10.6. The summed E-state index contributed by atoms with van der Waals surface area (Å²) in [6.07, 6.45) is 0. The fraction of sp³-hybridized carbons (Fsp3) is 0.250. The minimum Gasteiger partial charge on any atom is -0.496 e. The molecule has 1 aromatic heterocycles. The molecule has 0 amide bonds. The number of aromatic nitrogens is 1. The Bertz CT molecular complexity index is 494. The van der Waals surface area contributed by atoms with Gasteiger partial charge in [0.05, 0.1) is 25.1 Å². The largest absolute Gasteiger partial charge is 0.496 e. The first-order valence-electron chi connectivity index (χ1n) is 4.74. The lowest BCUT2D eigenvalue weighted by molar-refractivity contribution is 0.404. The maximum Gasteiger partial charge on any atom is 0.133 e. The SMILES string of the molecule is COc1cccc2nc(C)cc(OC)c12. The van der Waals surface area contributed by atoms with Crippen molar-refractivity contribution in [2.75, 3.05) is 14.2 Å². The molecular weight excluding hydrogens is 190 g/mol. The average Bonchev–Trinajstić information content (AvgIpc) is 2.26. The first-order chi connectivity index (χ1) is 7.26. The Hall–Kier alpha value is -1.77. The van der Waals surface area contributed by atoms with Gasteiger partial charge >= 0.3 is 0 Å². The normalized spacial score (nSPS) is 10.3. The van der Waals surface area contributed by atoms with Crippen molar-refractivity contribution in [3.63, 3.8) is 0 Å². The average molecular weight is 203 g/mol. The summed E-state index contributed by atoms with van der Waals surface area (Å²) >= 11 is 0. The zero-order chi connectivity index (χ0) is 10.8. The maximum atomic E-state index is 5.33. The maximum absolute atomic E-state index is 5.33. The summed E-state index contributed by atoms with van der Waals surface area (Å²) in [5.41, 5.74) is 1.83. The number of ether oxygens (including phenoxy) is 2. The van der Waals surface area contributed by atoms with Gasteiger partial charge in [-0.1, -0.05) is 6.07 Å². The summed E-state index contributed by atoms with van der Waals surface area (Å²) in [7, 11) is 3.30. The zero-order valence-electron chi connectivity index (χ0n) is 9.07. The van der Waals surface area contributed by atoms with Crippen molar-refractivity contribution in [3.8, 4) is 11.5 Å².